The number of carbonyl (C=O) groups excluding carboxylic acids is 1. The number of ether oxygens (including phenoxy) is 1. The molecule has 170 valence electrons. The van der Waals surface area contributed by atoms with Crippen LogP contribution in [-0.2, 0) is 17.8 Å². The average Bonchev–Trinajstić information content (AvgIpc) is 3.18. The fourth-order valence-corrected chi connectivity index (χ4v) is 3.79. The molecule has 0 aliphatic rings. The van der Waals surface area contributed by atoms with Crippen LogP contribution in [0.1, 0.15) is 27.9 Å². The van der Waals surface area contributed by atoms with E-state index in [9.17, 15) is 4.79 Å². The molecule has 0 aliphatic carbocycles. The molecule has 0 amide bonds. The summed E-state index contributed by atoms with van der Waals surface area (Å²) >= 11 is 0. The monoisotopic (exact) mass is 521 g/mol. The van der Waals surface area contributed by atoms with Crippen LogP contribution in [-0.4, -0.2) is 25.7 Å². The fourth-order valence-electron chi connectivity index (χ4n) is 3.27. The number of benzene rings is 2. The highest BCUT2D eigenvalue weighted by molar-refractivity contribution is 6.83. The summed E-state index contributed by atoms with van der Waals surface area (Å²) < 4.78 is 9.01. The molecule has 0 atom stereocenters. The number of esters is 1. The highest BCUT2D eigenvalue weighted by Crippen LogP contribution is 2.21. The molecule has 0 saturated carbocycles. The third-order valence-corrected chi connectivity index (χ3v) is 5.71. The Kier molecular flexibility index (Phi) is 9.22. The van der Waals surface area contributed by atoms with Crippen LogP contribution in [0.3, 0.4) is 0 Å². The van der Waals surface area contributed by atoms with Crippen molar-refractivity contribution in [3.8, 4) is 28.8 Å². The van der Waals surface area contributed by atoms with Crippen molar-refractivity contribution in [2.75, 3.05) is 7.11 Å². The van der Waals surface area contributed by atoms with Crippen LogP contribution in [0.5, 0.6) is 0 Å². The summed E-state index contributed by atoms with van der Waals surface area (Å²) in [4.78, 5) is 11.9. The zero-order valence-corrected chi connectivity index (χ0v) is 22.0. The second-order valence-corrected chi connectivity index (χ2v) is 13.4. The van der Waals surface area contributed by atoms with E-state index in [4.69, 9.17) is 10.00 Å². The van der Waals surface area contributed by atoms with Gasteiger partial charge in [-0.25, -0.2) is 13.9 Å². The Morgan fingerprint density at radius 2 is 1.88 bits per heavy atom. The highest BCUT2D eigenvalue weighted by Gasteiger charge is 2.17. The molecule has 0 saturated heterocycles. The van der Waals surface area contributed by atoms with Crippen LogP contribution in [0, 0.1) is 22.8 Å². The lowest BCUT2D eigenvalue weighted by Crippen LogP contribution is -3.00. The van der Waals surface area contributed by atoms with Crippen LogP contribution in [0.15, 0.2) is 61.1 Å². The fraction of sp³-hybridized carbons (Fsp3) is 0.269. The zero-order valence-electron chi connectivity index (χ0n) is 19.4. The van der Waals surface area contributed by atoms with E-state index in [0.717, 1.165) is 22.4 Å². The molecular formula is C26H28BrN3O2Si. The standard InChI is InChI=1S/C26H28N3O2Si.BrH/c1-31-26(30)24-8-5-7-22(17-24)18-29-20-28(15-6-14-27)19-25(29)23-11-9-21(10-12-23)13-16-32(2,3)4;/h5,7-12,17,19-20H,6,15,18H2,1-4H3;1H/q+1;/p-1. The van der Waals surface area contributed by atoms with E-state index >= 15 is 0 Å². The van der Waals surface area contributed by atoms with Gasteiger partial charge in [-0.05, 0) is 42.0 Å². The Morgan fingerprint density at radius 3 is 2.52 bits per heavy atom. The van der Waals surface area contributed by atoms with E-state index in [-0.39, 0.29) is 23.0 Å². The topological polar surface area (TPSA) is 58.9 Å². The third kappa shape index (κ3) is 7.46. The molecule has 5 nitrogen and oxygen atoms in total. The Bertz CT molecular complexity index is 1210. The number of aryl methyl sites for hydroxylation is 1. The Balaban J connectivity index is 0.00000385. The largest absolute Gasteiger partial charge is 1.00 e. The van der Waals surface area contributed by atoms with Crippen molar-refractivity contribution < 1.29 is 31.1 Å². The highest BCUT2D eigenvalue weighted by atomic mass is 79.9. The molecule has 0 N–H and O–H groups in total. The van der Waals surface area contributed by atoms with Gasteiger partial charge >= 0.3 is 5.97 Å². The third-order valence-electron chi connectivity index (χ3n) is 4.83. The lowest BCUT2D eigenvalue weighted by atomic mass is 10.1. The molecular weight excluding hydrogens is 494 g/mol. The first-order valence-corrected chi connectivity index (χ1v) is 14.1. The normalized spacial score (nSPS) is 10.4. The molecule has 2 aromatic carbocycles. The summed E-state index contributed by atoms with van der Waals surface area (Å²) in [5.74, 6) is 2.94. The van der Waals surface area contributed by atoms with Gasteiger partial charge in [0, 0.05) is 11.1 Å². The van der Waals surface area contributed by atoms with E-state index < -0.39 is 8.07 Å². The van der Waals surface area contributed by atoms with Crippen molar-refractivity contribution in [1.82, 2.24) is 4.57 Å². The molecule has 3 rings (SSSR count). The number of carbonyl (C=O) groups is 1. The van der Waals surface area contributed by atoms with Crippen molar-refractivity contribution in [1.29, 1.82) is 5.26 Å². The summed E-state index contributed by atoms with van der Waals surface area (Å²) in [5.41, 5.74) is 8.05. The van der Waals surface area contributed by atoms with Crippen LogP contribution >= 0.6 is 0 Å². The number of rotatable bonds is 6. The molecule has 1 aromatic heterocycles. The van der Waals surface area contributed by atoms with E-state index in [1.165, 1.54) is 7.11 Å². The molecule has 7 heteroatoms. The first-order valence-electron chi connectivity index (χ1n) is 10.6. The van der Waals surface area contributed by atoms with Gasteiger partial charge in [0.25, 0.3) is 0 Å². The summed E-state index contributed by atoms with van der Waals surface area (Å²) in [6, 6.07) is 17.9. The number of hydrogen-bond acceptors (Lipinski definition) is 3. The molecule has 0 unspecified atom stereocenters. The second-order valence-electron chi connectivity index (χ2n) is 8.67. The van der Waals surface area contributed by atoms with Gasteiger partial charge in [0.1, 0.15) is 27.4 Å². The Labute approximate surface area is 207 Å². The minimum atomic E-state index is -1.42. The summed E-state index contributed by atoms with van der Waals surface area (Å²) in [5, 5.41) is 8.98. The first kappa shape index (κ1) is 26.1. The van der Waals surface area contributed by atoms with Gasteiger partial charge in [0.15, 0.2) is 5.69 Å². The molecule has 0 fully saturated rings. The second kappa shape index (κ2) is 11.6. The van der Waals surface area contributed by atoms with Gasteiger partial charge in [-0.3, -0.25) is 0 Å². The Hall–Kier alpha value is -3.13. The van der Waals surface area contributed by atoms with Crippen molar-refractivity contribution >= 4 is 14.0 Å². The number of nitriles is 1. The van der Waals surface area contributed by atoms with Crippen molar-refractivity contribution in [2.24, 2.45) is 0 Å². The van der Waals surface area contributed by atoms with E-state index in [0.29, 0.717) is 25.1 Å². The average molecular weight is 523 g/mol. The summed E-state index contributed by atoms with van der Waals surface area (Å²) in [6.07, 6.45) is 4.51. The smallest absolute Gasteiger partial charge is 0.337 e. The lowest BCUT2D eigenvalue weighted by Gasteiger charge is -2.05. The van der Waals surface area contributed by atoms with Crippen molar-refractivity contribution in [3.05, 3.63) is 77.7 Å². The van der Waals surface area contributed by atoms with Crippen molar-refractivity contribution in [3.63, 3.8) is 0 Å². The zero-order chi connectivity index (χ0) is 23.1. The first-order chi connectivity index (χ1) is 15.3. The van der Waals surface area contributed by atoms with Gasteiger partial charge < -0.3 is 21.7 Å². The molecule has 0 radical (unpaired) electrons. The van der Waals surface area contributed by atoms with Gasteiger partial charge in [0.05, 0.1) is 25.2 Å². The quantitative estimate of drug-likeness (QED) is 0.213. The predicted octanol–water partition coefficient (Wildman–Crippen LogP) is 1.42. The molecule has 0 aliphatic heterocycles. The molecule has 33 heavy (non-hydrogen) atoms. The number of aromatic nitrogens is 2. The SMILES string of the molecule is COC(=O)c1cccc(Cn2c[n+](CCC#N)cc2-c2ccc(C#C[Si](C)(C)C)cc2)c1.[Br-]. The van der Waals surface area contributed by atoms with E-state index in [2.05, 4.69) is 72.2 Å². The molecule has 0 bridgehead atoms. The van der Waals surface area contributed by atoms with Gasteiger partial charge in [-0.2, -0.15) is 5.26 Å². The predicted molar refractivity (Wildman–Crippen MR) is 127 cm³/mol. The van der Waals surface area contributed by atoms with Gasteiger partial charge in [-0.15, -0.1) is 5.54 Å². The molecule has 0 spiro atoms. The summed E-state index contributed by atoms with van der Waals surface area (Å²) in [6.45, 7) is 7.92. The van der Waals surface area contributed by atoms with Crippen LogP contribution in [0.4, 0.5) is 0 Å². The summed E-state index contributed by atoms with van der Waals surface area (Å²) in [7, 11) is -0.0389. The maximum Gasteiger partial charge on any atom is 0.337 e. The van der Waals surface area contributed by atoms with Crippen LogP contribution in [0.2, 0.25) is 19.6 Å². The maximum atomic E-state index is 11.9. The van der Waals surface area contributed by atoms with Crippen LogP contribution in [0.25, 0.3) is 11.3 Å². The van der Waals surface area contributed by atoms with Gasteiger partial charge in [-0.1, -0.05) is 37.7 Å². The van der Waals surface area contributed by atoms with Gasteiger partial charge in [0.2, 0.25) is 6.33 Å². The van der Waals surface area contributed by atoms with E-state index in [1.54, 1.807) is 6.07 Å². The minimum Gasteiger partial charge on any atom is -1.00 e. The number of halogens is 1. The van der Waals surface area contributed by atoms with Crippen LogP contribution < -0.4 is 21.5 Å². The maximum absolute atomic E-state index is 11.9. The number of nitrogens with zero attached hydrogens (tertiary/aromatic N) is 3. The number of hydrogen-bond donors (Lipinski definition) is 0. The lowest BCUT2D eigenvalue weighted by molar-refractivity contribution is -0.695. The number of methoxy groups -OCH3 is 1. The van der Waals surface area contributed by atoms with Crippen molar-refractivity contribution in [2.45, 2.75) is 39.2 Å². The minimum absolute atomic E-state index is 0. The number of imidazole rings is 1. The molecule has 3 aromatic rings. The molecule has 1 heterocycles. The Morgan fingerprint density at radius 1 is 1.15 bits per heavy atom. The van der Waals surface area contributed by atoms with E-state index in [1.807, 2.05) is 29.1 Å².